The van der Waals surface area contributed by atoms with Gasteiger partial charge in [-0.3, -0.25) is 4.79 Å². The molecular formula is C11H20N2O6S. The third-order valence-corrected chi connectivity index (χ3v) is 3.98. The van der Waals surface area contributed by atoms with Gasteiger partial charge in [-0.05, 0) is 33.1 Å². The molecule has 1 aliphatic carbocycles. The zero-order valence-corrected chi connectivity index (χ0v) is 12.3. The molecule has 1 fully saturated rings. The molecule has 9 heteroatoms. The first-order valence-electron chi connectivity index (χ1n) is 6.43. The zero-order chi connectivity index (χ0) is 15.3. The van der Waals surface area contributed by atoms with Crippen LogP contribution in [0.3, 0.4) is 0 Å². The topological polar surface area (TPSA) is 122 Å². The van der Waals surface area contributed by atoms with Crippen molar-refractivity contribution < 1.29 is 27.9 Å². The molecule has 20 heavy (non-hydrogen) atoms. The number of carboxylic acids is 1. The molecule has 1 rings (SSSR count). The van der Waals surface area contributed by atoms with Crippen LogP contribution in [0, 0.1) is 5.92 Å². The number of hydrogen-bond acceptors (Lipinski definition) is 5. The van der Waals surface area contributed by atoms with Gasteiger partial charge in [0.1, 0.15) is 0 Å². The highest BCUT2D eigenvalue weighted by molar-refractivity contribution is 7.88. The van der Waals surface area contributed by atoms with Crippen LogP contribution in [-0.4, -0.2) is 37.7 Å². The zero-order valence-electron chi connectivity index (χ0n) is 11.5. The minimum atomic E-state index is -4.04. The first-order chi connectivity index (χ1) is 9.19. The van der Waals surface area contributed by atoms with Gasteiger partial charge in [0.25, 0.3) is 0 Å². The fourth-order valence-corrected chi connectivity index (χ4v) is 3.10. The van der Waals surface area contributed by atoms with Crippen LogP contribution in [0.15, 0.2) is 0 Å². The normalized spacial score (nSPS) is 23.4. The standard InChI is InChI=1S/C11H20N2O6S/c1-7(2)19-11(16)13-20(17,18)12-9-5-3-4-8(6-9)10(14)15/h7-9,12H,3-6H2,1-2H3,(H,13,16)(H,14,15). The predicted octanol–water partition coefficient (Wildman–Crippen LogP) is 0.599. The molecule has 1 saturated carbocycles. The Morgan fingerprint density at radius 1 is 1.30 bits per heavy atom. The molecule has 2 atom stereocenters. The van der Waals surface area contributed by atoms with Crippen LogP contribution < -0.4 is 9.44 Å². The number of carbonyl (C=O) groups is 2. The smallest absolute Gasteiger partial charge is 0.422 e. The quantitative estimate of drug-likeness (QED) is 0.683. The van der Waals surface area contributed by atoms with Crippen molar-refractivity contribution in [3.63, 3.8) is 0 Å². The SMILES string of the molecule is CC(C)OC(=O)NS(=O)(=O)NC1CCCC(C(=O)O)C1. The number of nitrogens with one attached hydrogen (secondary N) is 2. The first-order valence-corrected chi connectivity index (χ1v) is 7.91. The molecule has 0 heterocycles. The van der Waals surface area contributed by atoms with Crippen molar-refractivity contribution in [1.29, 1.82) is 0 Å². The van der Waals surface area contributed by atoms with Crippen LogP contribution in [0.5, 0.6) is 0 Å². The summed E-state index contributed by atoms with van der Waals surface area (Å²) in [5, 5.41) is 8.93. The highest BCUT2D eigenvalue weighted by atomic mass is 32.2. The van der Waals surface area contributed by atoms with E-state index in [1.165, 1.54) is 0 Å². The van der Waals surface area contributed by atoms with Gasteiger partial charge in [-0.25, -0.2) is 9.52 Å². The van der Waals surface area contributed by atoms with Crippen molar-refractivity contribution in [2.24, 2.45) is 5.92 Å². The Labute approximate surface area is 118 Å². The lowest BCUT2D eigenvalue weighted by molar-refractivity contribution is -0.143. The molecule has 0 aromatic rings. The van der Waals surface area contributed by atoms with E-state index in [4.69, 9.17) is 5.11 Å². The van der Waals surface area contributed by atoms with Gasteiger partial charge in [0.05, 0.1) is 12.0 Å². The molecular weight excluding hydrogens is 288 g/mol. The highest BCUT2D eigenvalue weighted by Gasteiger charge is 2.30. The molecule has 1 amide bonds. The average molecular weight is 308 g/mol. The number of carboxylic acid groups (broad SMARTS) is 1. The Hall–Kier alpha value is -1.35. The molecule has 2 unspecified atom stereocenters. The summed E-state index contributed by atoms with van der Waals surface area (Å²) in [4.78, 5) is 22.1. The van der Waals surface area contributed by atoms with Gasteiger partial charge >= 0.3 is 22.3 Å². The van der Waals surface area contributed by atoms with Crippen LogP contribution >= 0.6 is 0 Å². The number of ether oxygens (including phenoxy) is 1. The van der Waals surface area contributed by atoms with E-state index in [0.717, 1.165) is 0 Å². The van der Waals surface area contributed by atoms with Crippen LogP contribution in [0.1, 0.15) is 39.5 Å². The van der Waals surface area contributed by atoms with E-state index in [9.17, 15) is 18.0 Å². The van der Waals surface area contributed by atoms with Gasteiger partial charge < -0.3 is 9.84 Å². The van der Waals surface area contributed by atoms with Crippen LogP contribution in [0.25, 0.3) is 0 Å². The maximum absolute atomic E-state index is 11.7. The largest absolute Gasteiger partial charge is 0.481 e. The number of amides is 1. The molecule has 3 N–H and O–H groups in total. The van der Waals surface area contributed by atoms with Gasteiger partial charge in [-0.2, -0.15) is 13.1 Å². The van der Waals surface area contributed by atoms with Crippen molar-refractivity contribution in [2.75, 3.05) is 0 Å². The maximum atomic E-state index is 11.7. The van der Waals surface area contributed by atoms with Gasteiger partial charge in [0.15, 0.2) is 0 Å². The van der Waals surface area contributed by atoms with Crippen LogP contribution in [0.2, 0.25) is 0 Å². The summed E-state index contributed by atoms with van der Waals surface area (Å²) < 4.78 is 32.1. The average Bonchev–Trinajstić information content (AvgIpc) is 2.26. The Bertz CT molecular complexity index is 462. The Morgan fingerprint density at radius 2 is 1.95 bits per heavy atom. The summed E-state index contributed by atoms with van der Waals surface area (Å²) in [6.07, 6.45) is 0.436. The second kappa shape index (κ2) is 6.89. The lowest BCUT2D eigenvalue weighted by Crippen LogP contribution is -2.47. The molecule has 0 bridgehead atoms. The molecule has 1 aliphatic rings. The molecule has 0 aromatic carbocycles. The first kappa shape index (κ1) is 16.7. The number of carbonyl (C=O) groups excluding carboxylic acids is 1. The lowest BCUT2D eigenvalue weighted by atomic mass is 9.86. The van der Waals surface area contributed by atoms with Gasteiger partial charge in [0.2, 0.25) is 0 Å². The van der Waals surface area contributed by atoms with Gasteiger partial charge in [-0.1, -0.05) is 6.42 Å². The van der Waals surface area contributed by atoms with Gasteiger partial charge in [-0.15, -0.1) is 0 Å². The summed E-state index contributed by atoms with van der Waals surface area (Å²) in [5.74, 6) is -1.49. The third-order valence-electron chi connectivity index (χ3n) is 2.91. The minimum Gasteiger partial charge on any atom is -0.481 e. The third kappa shape index (κ3) is 5.74. The Morgan fingerprint density at radius 3 is 2.50 bits per heavy atom. The summed E-state index contributed by atoms with van der Waals surface area (Å²) in [6, 6.07) is -0.491. The van der Waals surface area contributed by atoms with Crippen LogP contribution in [0.4, 0.5) is 4.79 Å². The number of hydrogen-bond donors (Lipinski definition) is 3. The van der Waals surface area contributed by atoms with Crippen LogP contribution in [-0.2, 0) is 19.7 Å². The van der Waals surface area contributed by atoms with Crippen molar-refractivity contribution in [2.45, 2.75) is 51.7 Å². The maximum Gasteiger partial charge on any atom is 0.422 e. The fraction of sp³-hybridized carbons (Fsp3) is 0.818. The van der Waals surface area contributed by atoms with E-state index < -0.39 is 40.3 Å². The van der Waals surface area contributed by atoms with Crippen molar-refractivity contribution in [3.05, 3.63) is 0 Å². The van der Waals surface area contributed by atoms with E-state index >= 15 is 0 Å². The fourth-order valence-electron chi connectivity index (χ4n) is 2.12. The van der Waals surface area contributed by atoms with E-state index in [1.54, 1.807) is 18.6 Å². The Balaban J connectivity index is 2.53. The van der Waals surface area contributed by atoms with Crippen molar-refractivity contribution in [3.8, 4) is 0 Å². The second-order valence-electron chi connectivity index (χ2n) is 5.08. The molecule has 116 valence electrons. The molecule has 0 radical (unpaired) electrons. The second-order valence-corrected chi connectivity index (χ2v) is 6.52. The molecule has 8 nitrogen and oxygen atoms in total. The predicted molar refractivity (Wildman–Crippen MR) is 70.2 cm³/mol. The summed E-state index contributed by atoms with van der Waals surface area (Å²) in [5.41, 5.74) is 0. The van der Waals surface area contributed by atoms with Crippen molar-refractivity contribution in [1.82, 2.24) is 9.44 Å². The summed E-state index contributed by atoms with van der Waals surface area (Å²) in [6.45, 7) is 3.19. The molecule has 0 spiro atoms. The molecule has 0 aromatic heterocycles. The van der Waals surface area contributed by atoms with Crippen molar-refractivity contribution >= 4 is 22.3 Å². The molecule has 0 saturated heterocycles. The minimum absolute atomic E-state index is 0.218. The van der Waals surface area contributed by atoms with E-state index in [0.29, 0.717) is 19.3 Å². The monoisotopic (exact) mass is 308 g/mol. The number of rotatable bonds is 5. The molecule has 0 aliphatic heterocycles. The van der Waals surface area contributed by atoms with E-state index in [-0.39, 0.29) is 6.42 Å². The van der Waals surface area contributed by atoms with E-state index in [1.807, 2.05) is 0 Å². The highest BCUT2D eigenvalue weighted by Crippen LogP contribution is 2.24. The lowest BCUT2D eigenvalue weighted by Gasteiger charge is -2.27. The summed E-state index contributed by atoms with van der Waals surface area (Å²) >= 11 is 0. The summed E-state index contributed by atoms with van der Waals surface area (Å²) in [7, 11) is -4.04. The Kier molecular flexibility index (Phi) is 5.75. The van der Waals surface area contributed by atoms with E-state index in [2.05, 4.69) is 9.46 Å². The number of aliphatic carboxylic acids is 1. The van der Waals surface area contributed by atoms with Gasteiger partial charge in [0, 0.05) is 6.04 Å².